The van der Waals surface area contributed by atoms with Crippen molar-refractivity contribution in [1.82, 2.24) is 15.5 Å². The van der Waals surface area contributed by atoms with Crippen LogP contribution in [0.4, 0.5) is 0 Å². The van der Waals surface area contributed by atoms with Crippen LogP contribution in [0, 0.1) is 0 Å². The quantitative estimate of drug-likeness (QED) is 0.614. The Morgan fingerprint density at radius 2 is 1.50 bits per heavy atom. The van der Waals surface area contributed by atoms with E-state index in [1.54, 1.807) is 49.3 Å². The number of hydrogen-bond donors (Lipinski definition) is 2. The molecular formula is C23H23N3O3S. The van der Waals surface area contributed by atoms with E-state index in [2.05, 4.69) is 10.6 Å². The van der Waals surface area contributed by atoms with Crippen LogP contribution in [0.15, 0.2) is 66.0 Å². The van der Waals surface area contributed by atoms with E-state index >= 15 is 0 Å². The number of nitrogens with zero attached hydrogens (tertiary/aromatic N) is 1. The Bertz CT molecular complexity index is 1010. The Balaban J connectivity index is 1.55. The zero-order valence-electron chi connectivity index (χ0n) is 16.8. The number of nitrogens with one attached hydrogen (secondary N) is 2. The highest BCUT2D eigenvalue weighted by molar-refractivity contribution is 7.12. The summed E-state index contributed by atoms with van der Waals surface area (Å²) in [7, 11) is 3.33. The number of benzene rings is 2. The molecule has 3 aromatic rings. The van der Waals surface area contributed by atoms with Gasteiger partial charge in [0.25, 0.3) is 17.7 Å². The highest BCUT2D eigenvalue weighted by Crippen LogP contribution is 2.12. The van der Waals surface area contributed by atoms with Gasteiger partial charge in [-0.2, -0.15) is 0 Å². The lowest BCUT2D eigenvalue weighted by molar-refractivity contribution is 0.0784. The van der Waals surface area contributed by atoms with E-state index in [-0.39, 0.29) is 17.7 Å². The van der Waals surface area contributed by atoms with E-state index in [0.717, 1.165) is 11.1 Å². The van der Waals surface area contributed by atoms with Crippen molar-refractivity contribution >= 4 is 29.1 Å². The molecule has 0 atom stereocenters. The maximum atomic E-state index is 12.7. The smallest absolute Gasteiger partial charge is 0.261 e. The van der Waals surface area contributed by atoms with Crippen molar-refractivity contribution in [3.8, 4) is 0 Å². The molecule has 0 radical (unpaired) electrons. The van der Waals surface area contributed by atoms with Crippen molar-refractivity contribution in [2.75, 3.05) is 14.1 Å². The zero-order chi connectivity index (χ0) is 21.5. The van der Waals surface area contributed by atoms with E-state index in [1.165, 1.54) is 11.3 Å². The fourth-order valence-electron chi connectivity index (χ4n) is 2.91. The Morgan fingerprint density at radius 3 is 2.10 bits per heavy atom. The largest absolute Gasteiger partial charge is 0.355 e. The first-order chi connectivity index (χ1) is 14.5. The topological polar surface area (TPSA) is 78.5 Å². The normalized spacial score (nSPS) is 10.3. The average Bonchev–Trinajstić information content (AvgIpc) is 3.32. The maximum absolute atomic E-state index is 12.7. The number of rotatable bonds is 7. The lowest BCUT2D eigenvalue weighted by Crippen LogP contribution is -2.26. The molecule has 0 aliphatic rings. The predicted molar refractivity (Wildman–Crippen MR) is 118 cm³/mol. The summed E-state index contributed by atoms with van der Waals surface area (Å²) in [6.07, 6.45) is 0. The van der Waals surface area contributed by atoms with Crippen LogP contribution in [0.2, 0.25) is 0 Å². The van der Waals surface area contributed by atoms with Crippen molar-refractivity contribution in [2.45, 2.75) is 13.1 Å². The second-order valence-electron chi connectivity index (χ2n) is 6.79. The summed E-state index contributed by atoms with van der Waals surface area (Å²) < 4.78 is 0. The molecule has 3 rings (SSSR count). The van der Waals surface area contributed by atoms with Crippen molar-refractivity contribution in [1.29, 1.82) is 0 Å². The van der Waals surface area contributed by atoms with E-state index in [9.17, 15) is 14.4 Å². The first-order valence-electron chi connectivity index (χ1n) is 9.45. The molecule has 0 aliphatic heterocycles. The minimum absolute atomic E-state index is 0.0976. The maximum Gasteiger partial charge on any atom is 0.261 e. The third-order valence-electron chi connectivity index (χ3n) is 4.61. The molecule has 1 heterocycles. The number of hydrogen-bond acceptors (Lipinski definition) is 4. The summed E-state index contributed by atoms with van der Waals surface area (Å²) in [5.41, 5.74) is 3.01. The molecule has 30 heavy (non-hydrogen) atoms. The van der Waals surface area contributed by atoms with Crippen LogP contribution in [-0.2, 0) is 13.1 Å². The standard InChI is InChI=1S/C23H23N3O3S/c1-24-21(27)18-9-7-17(8-10-18)15-26(2)23(29)19-11-5-16(6-12-19)14-25-22(28)20-4-3-13-30-20/h3-13H,14-15H2,1-2H3,(H,24,27)(H,25,28). The van der Waals surface area contributed by atoms with Crippen LogP contribution in [0.25, 0.3) is 0 Å². The molecule has 0 spiro atoms. The molecule has 6 nitrogen and oxygen atoms in total. The van der Waals surface area contributed by atoms with Crippen molar-refractivity contribution in [3.63, 3.8) is 0 Å². The monoisotopic (exact) mass is 421 g/mol. The van der Waals surface area contributed by atoms with Crippen LogP contribution in [0.3, 0.4) is 0 Å². The highest BCUT2D eigenvalue weighted by Gasteiger charge is 2.13. The van der Waals surface area contributed by atoms with Gasteiger partial charge in [0.05, 0.1) is 4.88 Å². The molecule has 2 aromatic carbocycles. The van der Waals surface area contributed by atoms with Gasteiger partial charge in [-0.05, 0) is 46.8 Å². The summed E-state index contributed by atoms with van der Waals surface area (Å²) in [4.78, 5) is 38.6. The summed E-state index contributed by atoms with van der Waals surface area (Å²) in [6, 6.07) is 18.0. The SMILES string of the molecule is CNC(=O)c1ccc(CN(C)C(=O)c2ccc(CNC(=O)c3cccs3)cc2)cc1. The first kappa shape index (κ1) is 21.3. The van der Waals surface area contributed by atoms with Gasteiger partial charge in [-0.15, -0.1) is 11.3 Å². The van der Waals surface area contributed by atoms with Gasteiger partial charge in [0.1, 0.15) is 0 Å². The van der Waals surface area contributed by atoms with Gasteiger partial charge < -0.3 is 15.5 Å². The molecule has 0 aliphatic carbocycles. The van der Waals surface area contributed by atoms with Crippen molar-refractivity contribution in [2.24, 2.45) is 0 Å². The molecule has 154 valence electrons. The third-order valence-corrected chi connectivity index (χ3v) is 5.48. The highest BCUT2D eigenvalue weighted by atomic mass is 32.1. The fourth-order valence-corrected chi connectivity index (χ4v) is 3.55. The summed E-state index contributed by atoms with van der Waals surface area (Å²) in [6.45, 7) is 0.838. The fraction of sp³-hybridized carbons (Fsp3) is 0.174. The van der Waals surface area contributed by atoms with Gasteiger partial charge in [0, 0.05) is 38.3 Å². The number of thiophene rings is 1. The summed E-state index contributed by atoms with van der Waals surface area (Å²) >= 11 is 1.40. The van der Waals surface area contributed by atoms with Crippen molar-refractivity contribution in [3.05, 3.63) is 93.2 Å². The van der Waals surface area contributed by atoms with E-state index in [0.29, 0.717) is 29.1 Å². The molecule has 1 aromatic heterocycles. The van der Waals surface area contributed by atoms with Gasteiger partial charge in [-0.1, -0.05) is 30.3 Å². The molecule has 7 heteroatoms. The van der Waals surface area contributed by atoms with E-state index in [4.69, 9.17) is 0 Å². The van der Waals surface area contributed by atoms with Gasteiger partial charge >= 0.3 is 0 Å². The van der Waals surface area contributed by atoms with Gasteiger partial charge in [-0.3, -0.25) is 14.4 Å². The zero-order valence-corrected chi connectivity index (χ0v) is 17.7. The van der Waals surface area contributed by atoms with E-state index in [1.807, 2.05) is 35.7 Å². The Morgan fingerprint density at radius 1 is 0.867 bits per heavy atom. The Hall–Kier alpha value is -3.45. The molecule has 0 fully saturated rings. The van der Waals surface area contributed by atoms with Crippen LogP contribution in [0.5, 0.6) is 0 Å². The minimum Gasteiger partial charge on any atom is -0.355 e. The van der Waals surface area contributed by atoms with Crippen molar-refractivity contribution < 1.29 is 14.4 Å². The van der Waals surface area contributed by atoms with Gasteiger partial charge in [0.15, 0.2) is 0 Å². The molecule has 0 bridgehead atoms. The minimum atomic E-state index is -0.141. The van der Waals surface area contributed by atoms with Crippen LogP contribution in [-0.4, -0.2) is 36.7 Å². The van der Waals surface area contributed by atoms with Crippen LogP contribution < -0.4 is 10.6 Å². The van der Waals surface area contributed by atoms with Gasteiger partial charge in [-0.25, -0.2) is 0 Å². The second kappa shape index (κ2) is 9.84. The predicted octanol–water partition coefficient (Wildman–Crippen LogP) is 3.31. The van der Waals surface area contributed by atoms with Crippen LogP contribution in [0.1, 0.15) is 41.5 Å². The molecular weight excluding hydrogens is 398 g/mol. The van der Waals surface area contributed by atoms with Crippen LogP contribution >= 0.6 is 11.3 Å². The molecule has 0 saturated heterocycles. The van der Waals surface area contributed by atoms with Gasteiger partial charge in [0.2, 0.25) is 0 Å². The molecule has 2 N–H and O–H groups in total. The Kier molecular flexibility index (Phi) is 6.98. The van der Waals surface area contributed by atoms with E-state index < -0.39 is 0 Å². The lowest BCUT2D eigenvalue weighted by Gasteiger charge is -2.18. The molecule has 0 unspecified atom stereocenters. The lowest BCUT2D eigenvalue weighted by atomic mass is 10.1. The molecule has 0 saturated carbocycles. The average molecular weight is 422 g/mol. The number of amides is 3. The Labute approximate surface area is 179 Å². The summed E-state index contributed by atoms with van der Waals surface area (Å²) in [5, 5.41) is 7.31. The third kappa shape index (κ3) is 5.33. The summed E-state index contributed by atoms with van der Waals surface area (Å²) in [5.74, 6) is -0.343. The first-order valence-corrected chi connectivity index (χ1v) is 10.3. The number of carbonyl (C=O) groups excluding carboxylic acids is 3. The molecule has 3 amide bonds. The number of carbonyl (C=O) groups is 3. The second-order valence-corrected chi connectivity index (χ2v) is 7.74.